The van der Waals surface area contributed by atoms with Gasteiger partial charge in [0.25, 0.3) is 5.91 Å². The van der Waals surface area contributed by atoms with E-state index in [1.54, 1.807) is 6.07 Å². The van der Waals surface area contributed by atoms with Crippen LogP contribution >= 0.6 is 0 Å². The number of ether oxygens (including phenoxy) is 2. The molecule has 0 aliphatic rings. The number of benzene rings is 1. The maximum Gasteiger partial charge on any atom is 0.251 e. The van der Waals surface area contributed by atoms with Crippen LogP contribution in [0.3, 0.4) is 0 Å². The summed E-state index contributed by atoms with van der Waals surface area (Å²) in [7, 11) is 0. The second kappa shape index (κ2) is 9.40. The molecule has 0 fully saturated rings. The van der Waals surface area contributed by atoms with E-state index in [9.17, 15) is 4.79 Å². The van der Waals surface area contributed by atoms with Gasteiger partial charge in [0.05, 0.1) is 13.2 Å². The minimum atomic E-state index is -0.0509. The Kier molecular flexibility index (Phi) is 7.83. The molecule has 0 bridgehead atoms. The van der Waals surface area contributed by atoms with Crippen molar-refractivity contribution in [2.75, 3.05) is 19.8 Å². The highest BCUT2D eigenvalue weighted by molar-refractivity contribution is 5.94. The van der Waals surface area contributed by atoms with Gasteiger partial charge >= 0.3 is 0 Å². The molecule has 0 aliphatic heterocycles. The van der Waals surface area contributed by atoms with Gasteiger partial charge in [0.15, 0.2) is 0 Å². The van der Waals surface area contributed by atoms with Crippen molar-refractivity contribution in [1.29, 1.82) is 0 Å². The predicted octanol–water partition coefficient (Wildman–Crippen LogP) is 3.40. The molecule has 1 aromatic rings. The number of amides is 1. The van der Waals surface area contributed by atoms with Gasteiger partial charge in [0.1, 0.15) is 5.75 Å². The molecule has 0 unspecified atom stereocenters. The predicted molar refractivity (Wildman–Crippen MR) is 84.7 cm³/mol. The fourth-order valence-corrected chi connectivity index (χ4v) is 1.87. The Morgan fingerprint density at radius 1 is 1.29 bits per heavy atom. The van der Waals surface area contributed by atoms with E-state index < -0.39 is 0 Å². The lowest BCUT2D eigenvalue weighted by Crippen LogP contribution is -2.24. The second-order valence-corrected chi connectivity index (χ2v) is 5.42. The van der Waals surface area contributed by atoms with E-state index in [0.29, 0.717) is 37.8 Å². The van der Waals surface area contributed by atoms with Crippen molar-refractivity contribution in [2.45, 2.75) is 40.7 Å². The molecule has 21 heavy (non-hydrogen) atoms. The molecule has 4 heteroatoms. The van der Waals surface area contributed by atoms with Crippen LogP contribution in [0.5, 0.6) is 5.75 Å². The lowest BCUT2D eigenvalue weighted by atomic mass is 10.1. The normalized spacial score (nSPS) is 10.7. The van der Waals surface area contributed by atoms with Crippen LogP contribution in [0.2, 0.25) is 0 Å². The van der Waals surface area contributed by atoms with Crippen molar-refractivity contribution < 1.29 is 14.3 Å². The van der Waals surface area contributed by atoms with E-state index in [4.69, 9.17) is 9.47 Å². The largest absolute Gasteiger partial charge is 0.494 e. The Morgan fingerprint density at radius 2 is 2.05 bits per heavy atom. The highest BCUT2D eigenvalue weighted by atomic mass is 16.5. The van der Waals surface area contributed by atoms with Crippen LogP contribution in [0.15, 0.2) is 18.2 Å². The molecular formula is C17H27NO3. The van der Waals surface area contributed by atoms with Crippen molar-refractivity contribution in [2.24, 2.45) is 5.92 Å². The van der Waals surface area contributed by atoms with Crippen LogP contribution in [-0.4, -0.2) is 25.7 Å². The zero-order valence-corrected chi connectivity index (χ0v) is 13.6. The summed E-state index contributed by atoms with van der Waals surface area (Å²) in [6.45, 7) is 10.6. The van der Waals surface area contributed by atoms with Gasteiger partial charge in [-0.25, -0.2) is 0 Å². The lowest BCUT2D eigenvalue weighted by molar-refractivity contribution is 0.0936. The first-order chi connectivity index (χ1) is 10.1. The van der Waals surface area contributed by atoms with Crippen LogP contribution in [0.1, 0.15) is 50.0 Å². The van der Waals surface area contributed by atoms with Gasteiger partial charge in [0, 0.05) is 24.3 Å². The summed E-state index contributed by atoms with van der Waals surface area (Å²) in [5.74, 6) is 1.22. The topological polar surface area (TPSA) is 47.6 Å². The molecule has 0 aliphatic carbocycles. The summed E-state index contributed by atoms with van der Waals surface area (Å²) < 4.78 is 11.3. The molecule has 1 amide bonds. The minimum absolute atomic E-state index is 0.0509. The smallest absolute Gasteiger partial charge is 0.251 e. The Balaban J connectivity index is 2.81. The fourth-order valence-electron chi connectivity index (χ4n) is 1.87. The third-order valence-electron chi connectivity index (χ3n) is 2.87. The van der Waals surface area contributed by atoms with Gasteiger partial charge in [-0.2, -0.15) is 0 Å². The molecule has 0 saturated carbocycles. The molecular weight excluding hydrogens is 266 g/mol. The third kappa shape index (κ3) is 6.17. The molecule has 0 atom stereocenters. The maximum absolute atomic E-state index is 12.0. The van der Waals surface area contributed by atoms with E-state index in [-0.39, 0.29) is 5.91 Å². The standard InChI is InChI=1S/C17H27NO3/c1-5-9-18-17(19)14-7-8-16(21-6-2)15(10-14)12-20-11-13(3)4/h7-8,10,13H,5-6,9,11-12H2,1-4H3,(H,18,19). The van der Waals surface area contributed by atoms with Crippen molar-refractivity contribution in [3.05, 3.63) is 29.3 Å². The van der Waals surface area contributed by atoms with Gasteiger partial charge in [-0.15, -0.1) is 0 Å². The molecule has 0 aromatic heterocycles. The molecule has 1 N–H and O–H groups in total. The number of carbonyl (C=O) groups is 1. The molecule has 0 spiro atoms. The molecule has 118 valence electrons. The minimum Gasteiger partial charge on any atom is -0.494 e. The monoisotopic (exact) mass is 293 g/mol. The zero-order valence-electron chi connectivity index (χ0n) is 13.6. The number of hydrogen-bond donors (Lipinski definition) is 1. The van der Waals surface area contributed by atoms with Crippen molar-refractivity contribution in [3.8, 4) is 5.75 Å². The Labute approximate surface area is 127 Å². The van der Waals surface area contributed by atoms with Crippen LogP contribution in [0, 0.1) is 5.92 Å². The summed E-state index contributed by atoms with van der Waals surface area (Å²) in [5.41, 5.74) is 1.57. The van der Waals surface area contributed by atoms with Crippen molar-refractivity contribution >= 4 is 5.91 Å². The van der Waals surface area contributed by atoms with Crippen LogP contribution in [-0.2, 0) is 11.3 Å². The van der Waals surface area contributed by atoms with Crippen LogP contribution in [0.4, 0.5) is 0 Å². The Morgan fingerprint density at radius 3 is 2.67 bits per heavy atom. The van der Waals surface area contributed by atoms with E-state index in [1.165, 1.54) is 0 Å². The number of nitrogens with one attached hydrogen (secondary N) is 1. The molecule has 1 aromatic carbocycles. The first-order valence-electron chi connectivity index (χ1n) is 7.70. The Bertz CT molecular complexity index is 444. The molecule has 4 nitrogen and oxygen atoms in total. The van der Waals surface area contributed by atoms with E-state index in [0.717, 1.165) is 17.7 Å². The van der Waals surface area contributed by atoms with E-state index >= 15 is 0 Å². The quantitative estimate of drug-likeness (QED) is 0.759. The highest BCUT2D eigenvalue weighted by Gasteiger charge is 2.10. The van der Waals surface area contributed by atoms with Crippen LogP contribution < -0.4 is 10.1 Å². The average molecular weight is 293 g/mol. The van der Waals surface area contributed by atoms with E-state index in [1.807, 2.05) is 26.0 Å². The first-order valence-corrected chi connectivity index (χ1v) is 7.70. The SMILES string of the molecule is CCCNC(=O)c1ccc(OCC)c(COCC(C)C)c1. The highest BCUT2D eigenvalue weighted by Crippen LogP contribution is 2.21. The van der Waals surface area contributed by atoms with Crippen LogP contribution in [0.25, 0.3) is 0 Å². The van der Waals surface area contributed by atoms with Gasteiger partial charge in [-0.05, 0) is 37.5 Å². The summed E-state index contributed by atoms with van der Waals surface area (Å²) in [5, 5.41) is 2.88. The van der Waals surface area contributed by atoms with Gasteiger partial charge in [-0.1, -0.05) is 20.8 Å². The van der Waals surface area contributed by atoms with Crippen molar-refractivity contribution in [1.82, 2.24) is 5.32 Å². The molecule has 0 radical (unpaired) electrons. The maximum atomic E-state index is 12.0. The zero-order chi connectivity index (χ0) is 15.7. The van der Waals surface area contributed by atoms with Gasteiger partial charge in [-0.3, -0.25) is 4.79 Å². The summed E-state index contributed by atoms with van der Waals surface area (Å²) in [6.07, 6.45) is 0.924. The fraction of sp³-hybridized carbons (Fsp3) is 0.588. The third-order valence-corrected chi connectivity index (χ3v) is 2.87. The van der Waals surface area contributed by atoms with Gasteiger partial charge in [0.2, 0.25) is 0 Å². The summed E-state index contributed by atoms with van der Waals surface area (Å²) in [4.78, 5) is 12.0. The number of hydrogen-bond acceptors (Lipinski definition) is 3. The molecule has 0 heterocycles. The van der Waals surface area contributed by atoms with E-state index in [2.05, 4.69) is 19.2 Å². The second-order valence-electron chi connectivity index (χ2n) is 5.42. The summed E-state index contributed by atoms with van der Waals surface area (Å²) >= 11 is 0. The van der Waals surface area contributed by atoms with Gasteiger partial charge < -0.3 is 14.8 Å². The first kappa shape index (κ1) is 17.5. The summed E-state index contributed by atoms with van der Waals surface area (Å²) in [6, 6.07) is 5.50. The van der Waals surface area contributed by atoms with Crippen molar-refractivity contribution in [3.63, 3.8) is 0 Å². The lowest BCUT2D eigenvalue weighted by Gasteiger charge is -2.13. The molecule has 1 rings (SSSR count). The Hall–Kier alpha value is -1.55. The average Bonchev–Trinajstić information content (AvgIpc) is 2.46. The number of carbonyl (C=O) groups excluding carboxylic acids is 1. The number of rotatable bonds is 9. The molecule has 0 saturated heterocycles.